The lowest BCUT2D eigenvalue weighted by molar-refractivity contribution is -0.135. The molecule has 2 heterocycles. The Labute approximate surface area is 122 Å². The molecule has 0 aromatic rings. The fourth-order valence-corrected chi connectivity index (χ4v) is 3.54. The number of nitrogens with two attached hydrogens (primary N) is 1. The zero-order valence-electron chi connectivity index (χ0n) is 12.6. The fraction of sp³-hybridized carbons (Fsp3) is 0.933. The minimum Gasteiger partial charge on any atom is -0.339 e. The van der Waals surface area contributed by atoms with Crippen LogP contribution in [0.3, 0.4) is 0 Å². The molecule has 2 N–H and O–H groups in total. The highest BCUT2D eigenvalue weighted by atomic mass is 16.2. The van der Waals surface area contributed by atoms with Crippen molar-refractivity contribution in [1.82, 2.24) is 14.7 Å². The van der Waals surface area contributed by atoms with E-state index in [2.05, 4.69) is 16.8 Å². The summed E-state index contributed by atoms with van der Waals surface area (Å²) in [6.07, 6.45) is 4.82. The molecule has 0 spiro atoms. The number of carbonyl (C=O) groups is 1. The van der Waals surface area contributed by atoms with Crippen LogP contribution < -0.4 is 5.73 Å². The number of carbonyl (C=O) groups excluding carboxylic acids is 1. The molecule has 0 aromatic carbocycles. The van der Waals surface area contributed by atoms with Crippen LogP contribution >= 0.6 is 0 Å². The Kier molecular flexibility index (Phi) is 4.29. The normalized spacial score (nSPS) is 28.6. The molecule has 2 aliphatic heterocycles. The highest BCUT2D eigenvalue weighted by Gasteiger charge is 2.37. The molecule has 3 fully saturated rings. The van der Waals surface area contributed by atoms with Crippen LogP contribution in [-0.4, -0.2) is 79.0 Å². The molecule has 5 heteroatoms. The van der Waals surface area contributed by atoms with Gasteiger partial charge in [0, 0.05) is 32.2 Å². The number of piperazine rings is 1. The van der Waals surface area contributed by atoms with Gasteiger partial charge >= 0.3 is 0 Å². The van der Waals surface area contributed by atoms with Gasteiger partial charge in [0.25, 0.3) is 0 Å². The molecule has 1 aliphatic carbocycles. The van der Waals surface area contributed by atoms with Gasteiger partial charge < -0.3 is 15.5 Å². The number of hydrogen-bond donors (Lipinski definition) is 1. The number of piperidine rings is 1. The first-order chi connectivity index (χ1) is 9.65. The van der Waals surface area contributed by atoms with Crippen molar-refractivity contribution >= 4 is 5.91 Å². The quantitative estimate of drug-likeness (QED) is 0.788. The summed E-state index contributed by atoms with van der Waals surface area (Å²) in [4.78, 5) is 19.3. The lowest BCUT2D eigenvalue weighted by Crippen LogP contribution is -2.56. The van der Waals surface area contributed by atoms with Gasteiger partial charge in [-0.3, -0.25) is 9.69 Å². The van der Waals surface area contributed by atoms with Crippen molar-refractivity contribution in [3.05, 3.63) is 0 Å². The van der Waals surface area contributed by atoms with Crippen molar-refractivity contribution in [1.29, 1.82) is 0 Å². The fourth-order valence-electron chi connectivity index (χ4n) is 3.54. The maximum atomic E-state index is 12.3. The van der Waals surface area contributed by atoms with Crippen LogP contribution in [0.2, 0.25) is 0 Å². The maximum absolute atomic E-state index is 12.3. The van der Waals surface area contributed by atoms with Gasteiger partial charge in [-0.15, -0.1) is 0 Å². The molecule has 0 unspecified atom stereocenters. The van der Waals surface area contributed by atoms with Gasteiger partial charge in [-0.05, 0) is 51.7 Å². The van der Waals surface area contributed by atoms with E-state index in [0.717, 1.165) is 45.1 Å². The van der Waals surface area contributed by atoms with Crippen molar-refractivity contribution < 1.29 is 4.79 Å². The monoisotopic (exact) mass is 280 g/mol. The van der Waals surface area contributed by atoms with E-state index in [9.17, 15) is 4.79 Å². The number of rotatable bonds is 3. The molecule has 0 bridgehead atoms. The van der Waals surface area contributed by atoms with Crippen LogP contribution in [0.5, 0.6) is 0 Å². The van der Waals surface area contributed by atoms with Gasteiger partial charge in [0.05, 0.1) is 6.04 Å². The summed E-state index contributed by atoms with van der Waals surface area (Å²) in [5.74, 6) is 0.657. The topological polar surface area (TPSA) is 52.8 Å². The summed E-state index contributed by atoms with van der Waals surface area (Å²) >= 11 is 0. The Morgan fingerprint density at radius 2 is 1.60 bits per heavy atom. The summed E-state index contributed by atoms with van der Waals surface area (Å²) in [5, 5.41) is 0. The van der Waals surface area contributed by atoms with Crippen molar-refractivity contribution in [2.45, 2.75) is 37.8 Å². The summed E-state index contributed by atoms with van der Waals surface area (Å²) in [6.45, 7) is 6.19. The SMILES string of the molecule is CN1CCC(N2CCN(C(=O)[C@H](N)C3CC3)CC2)CC1. The van der Waals surface area contributed by atoms with Gasteiger partial charge in [-0.1, -0.05) is 0 Å². The van der Waals surface area contributed by atoms with Crippen LogP contribution in [0.1, 0.15) is 25.7 Å². The lowest BCUT2D eigenvalue weighted by Gasteiger charge is -2.42. The molecule has 5 nitrogen and oxygen atoms in total. The van der Waals surface area contributed by atoms with Crippen LogP contribution in [0.15, 0.2) is 0 Å². The third kappa shape index (κ3) is 3.15. The van der Waals surface area contributed by atoms with Gasteiger partial charge in [0.2, 0.25) is 5.91 Å². The smallest absolute Gasteiger partial charge is 0.239 e. The molecule has 2 saturated heterocycles. The third-order valence-electron chi connectivity index (χ3n) is 5.25. The third-order valence-corrected chi connectivity index (χ3v) is 5.25. The Bertz CT molecular complexity index is 342. The van der Waals surface area contributed by atoms with E-state index in [1.54, 1.807) is 0 Å². The van der Waals surface area contributed by atoms with E-state index in [0.29, 0.717) is 5.92 Å². The van der Waals surface area contributed by atoms with Gasteiger partial charge in [-0.25, -0.2) is 0 Å². The molecule has 3 aliphatic rings. The summed E-state index contributed by atoms with van der Waals surface area (Å²) < 4.78 is 0. The number of nitrogens with zero attached hydrogens (tertiary/aromatic N) is 3. The summed E-state index contributed by atoms with van der Waals surface area (Å²) in [5.41, 5.74) is 6.04. The predicted octanol–water partition coefficient (Wildman–Crippen LogP) is -0.0379. The molecular weight excluding hydrogens is 252 g/mol. The van der Waals surface area contributed by atoms with Gasteiger partial charge in [-0.2, -0.15) is 0 Å². The van der Waals surface area contributed by atoms with Gasteiger partial charge in [0.15, 0.2) is 0 Å². The van der Waals surface area contributed by atoms with E-state index in [4.69, 9.17) is 5.73 Å². The highest BCUT2D eigenvalue weighted by molar-refractivity contribution is 5.82. The largest absolute Gasteiger partial charge is 0.339 e. The van der Waals surface area contributed by atoms with E-state index in [1.807, 2.05) is 4.90 Å². The molecule has 1 saturated carbocycles. The van der Waals surface area contributed by atoms with E-state index in [-0.39, 0.29) is 11.9 Å². The average molecular weight is 280 g/mol. The van der Waals surface area contributed by atoms with Crippen molar-refractivity contribution in [2.75, 3.05) is 46.3 Å². The van der Waals surface area contributed by atoms with Crippen molar-refractivity contribution in [3.8, 4) is 0 Å². The Balaban J connectivity index is 1.45. The number of likely N-dealkylation sites (tertiary alicyclic amines) is 1. The van der Waals surface area contributed by atoms with E-state index in [1.165, 1.54) is 25.9 Å². The molecular formula is C15H28N4O. The number of amides is 1. The second-order valence-electron chi connectivity index (χ2n) is 6.76. The Hall–Kier alpha value is -0.650. The zero-order valence-corrected chi connectivity index (χ0v) is 12.6. The Morgan fingerprint density at radius 1 is 1.00 bits per heavy atom. The van der Waals surface area contributed by atoms with Gasteiger partial charge in [0.1, 0.15) is 0 Å². The molecule has 0 radical (unpaired) electrons. The molecule has 0 aromatic heterocycles. The minimum absolute atomic E-state index is 0.190. The molecule has 20 heavy (non-hydrogen) atoms. The predicted molar refractivity (Wildman–Crippen MR) is 79.4 cm³/mol. The summed E-state index contributed by atoms with van der Waals surface area (Å²) in [6, 6.07) is 0.491. The van der Waals surface area contributed by atoms with E-state index >= 15 is 0 Å². The second kappa shape index (κ2) is 6.00. The first-order valence-corrected chi connectivity index (χ1v) is 8.12. The Morgan fingerprint density at radius 3 is 2.15 bits per heavy atom. The average Bonchev–Trinajstić information content (AvgIpc) is 3.31. The van der Waals surface area contributed by atoms with Crippen molar-refractivity contribution in [2.24, 2.45) is 11.7 Å². The van der Waals surface area contributed by atoms with Crippen LogP contribution in [-0.2, 0) is 4.79 Å². The molecule has 1 atom stereocenters. The summed E-state index contributed by atoms with van der Waals surface area (Å²) in [7, 11) is 2.20. The lowest BCUT2D eigenvalue weighted by atomic mass is 10.0. The standard InChI is InChI=1S/C15H28N4O/c1-17-6-4-13(5-7-17)18-8-10-19(11-9-18)15(20)14(16)12-2-3-12/h12-14H,2-11,16H2,1H3/t14-/m1/s1. The maximum Gasteiger partial charge on any atom is 0.239 e. The van der Waals surface area contributed by atoms with Crippen LogP contribution in [0.25, 0.3) is 0 Å². The minimum atomic E-state index is -0.232. The second-order valence-corrected chi connectivity index (χ2v) is 6.76. The molecule has 3 rings (SSSR count). The number of hydrogen-bond acceptors (Lipinski definition) is 4. The molecule has 114 valence electrons. The van der Waals surface area contributed by atoms with Crippen LogP contribution in [0, 0.1) is 5.92 Å². The van der Waals surface area contributed by atoms with E-state index < -0.39 is 0 Å². The first kappa shape index (κ1) is 14.3. The van der Waals surface area contributed by atoms with Crippen LogP contribution in [0.4, 0.5) is 0 Å². The molecule has 1 amide bonds. The first-order valence-electron chi connectivity index (χ1n) is 8.12. The van der Waals surface area contributed by atoms with Crippen molar-refractivity contribution in [3.63, 3.8) is 0 Å². The highest BCUT2D eigenvalue weighted by Crippen LogP contribution is 2.32. The zero-order chi connectivity index (χ0) is 14.1.